The Morgan fingerprint density at radius 2 is 1.96 bits per heavy atom. The van der Waals surface area contributed by atoms with Crippen molar-refractivity contribution in [2.24, 2.45) is 0 Å². The van der Waals surface area contributed by atoms with Crippen molar-refractivity contribution in [2.75, 3.05) is 6.54 Å². The number of hydrogen-bond acceptors (Lipinski definition) is 3. The summed E-state index contributed by atoms with van der Waals surface area (Å²) in [5, 5.41) is 0. The Morgan fingerprint density at radius 3 is 2.43 bits per heavy atom. The highest BCUT2D eigenvalue weighted by atomic mass is 79.9. The fourth-order valence-corrected chi connectivity index (χ4v) is 2.36. The fourth-order valence-electron chi connectivity index (χ4n) is 1.91. The molecule has 1 aromatic rings. The minimum absolute atomic E-state index is 0.0530. The monoisotopic (exact) mass is 389 g/mol. The fraction of sp³-hybridized carbons (Fsp3) is 0.588. The van der Waals surface area contributed by atoms with E-state index in [1.54, 1.807) is 6.07 Å². The van der Waals surface area contributed by atoms with Crippen LogP contribution in [0, 0.1) is 5.82 Å². The molecule has 0 atom stereocenters. The van der Waals surface area contributed by atoms with Gasteiger partial charge in [0.25, 0.3) is 0 Å². The lowest BCUT2D eigenvalue weighted by molar-refractivity contribution is 0.0242. The number of hydrogen-bond donors (Lipinski definition) is 0. The van der Waals surface area contributed by atoms with E-state index in [1.165, 1.54) is 11.0 Å². The van der Waals surface area contributed by atoms with E-state index in [-0.39, 0.29) is 12.6 Å². The second-order valence-corrected chi connectivity index (χ2v) is 7.29. The summed E-state index contributed by atoms with van der Waals surface area (Å²) >= 11 is 3.26. The maximum Gasteiger partial charge on any atom is 0.410 e. The van der Waals surface area contributed by atoms with Gasteiger partial charge in [0.15, 0.2) is 0 Å². The van der Waals surface area contributed by atoms with E-state index in [0.717, 1.165) is 0 Å². The quantitative estimate of drug-likeness (QED) is 0.700. The Bertz CT molecular complexity index is 556. The molecule has 0 spiro atoms. The van der Waals surface area contributed by atoms with Gasteiger partial charge in [-0.05, 0) is 69.6 Å². The molecule has 0 aromatic heterocycles. The van der Waals surface area contributed by atoms with Crippen molar-refractivity contribution in [3.05, 3.63) is 28.0 Å². The highest BCUT2D eigenvalue weighted by Crippen LogP contribution is 2.31. The standard InChI is InChI=1S/C17H25BrFNO3/c1-7-20(16(21)23-17(4,5)6)10-12-14(22-11(2)3)9-8-13(19)15(12)18/h8-9,11H,7,10H2,1-6H3. The van der Waals surface area contributed by atoms with Crippen molar-refractivity contribution in [1.82, 2.24) is 4.90 Å². The third-order valence-corrected chi connectivity index (χ3v) is 3.76. The SMILES string of the molecule is CCN(Cc1c(OC(C)C)ccc(F)c1Br)C(=O)OC(C)(C)C. The van der Waals surface area contributed by atoms with Crippen LogP contribution in [0.25, 0.3) is 0 Å². The summed E-state index contributed by atoms with van der Waals surface area (Å²) in [6, 6.07) is 2.92. The third kappa shape index (κ3) is 6.01. The van der Waals surface area contributed by atoms with Gasteiger partial charge in [0.1, 0.15) is 17.2 Å². The Hall–Kier alpha value is -1.30. The van der Waals surface area contributed by atoms with Crippen LogP contribution in [0.3, 0.4) is 0 Å². The largest absolute Gasteiger partial charge is 0.491 e. The first-order chi connectivity index (χ1) is 10.5. The number of amides is 1. The minimum atomic E-state index is -0.582. The van der Waals surface area contributed by atoms with Gasteiger partial charge < -0.3 is 14.4 Å². The molecular formula is C17H25BrFNO3. The maximum atomic E-state index is 13.9. The zero-order valence-electron chi connectivity index (χ0n) is 14.6. The molecule has 6 heteroatoms. The molecule has 0 aliphatic carbocycles. The first-order valence-electron chi connectivity index (χ1n) is 7.66. The van der Waals surface area contributed by atoms with Gasteiger partial charge in [-0.1, -0.05) is 0 Å². The molecule has 4 nitrogen and oxygen atoms in total. The predicted molar refractivity (Wildman–Crippen MR) is 92.2 cm³/mol. The zero-order chi connectivity index (χ0) is 17.8. The number of ether oxygens (including phenoxy) is 2. The molecule has 0 aliphatic rings. The lowest BCUT2D eigenvalue weighted by atomic mass is 10.1. The summed E-state index contributed by atoms with van der Waals surface area (Å²) in [7, 11) is 0. The molecule has 0 heterocycles. The summed E-state index contributed by atoms with van der Waals surface area (Å²) in [6.07, 6.45) is -0.491. The molecule has 1 amide bonds. The first-order valence-corrected chi connectivity index (χ1v) is 8.46. The topological polar surface area (TPSA) is 38.8 Å². The summed E-state index contributed by atoms with van der Waals surface area (Å²) < 4.78 is 25.3. The van der Waals surface area contributed by atoms with E-state index in [4.69, 9.17) is 9.47 Å². The van der Waals surface area contributed by atoms with Gasteiger partial charge in [-0.3, -0.25) is 0 Å². The van der Waals surface area contributed by atoms with E-state index < -0.39 is 17.5 Å². The van der Waals surface area contributed by atoms with Crippen LogP contribution in [0.15, 0.2) is 16.6 Å². The number of halogens is 2. The van der Waals surface area contributed by atoms with Crippen LogP contribution in [0.2, 0.25) is 0 Å². The molecule has 0 bridgehead atoms. The molecule has 1 rings (SSSR count). The Labute approximate surface area is 146 Å². The van der Waals surface area contributed by atoms with Gasteiger partial charge in [0, 0.05) is 12.1 Å². The molecule has 0 unspecified atom stereocenters. The van der Waals surface area contributed by atoms with Gasteiger partial charge in [-0.2, -0.15) is 0 Å². The van der Waals surface area contributed by atoms with Crippen LogP contribution in [0.4, 0.5) is 9.18 Å². The van der Waals surface area contributed by atoms with Crippen molar-refractivity contribution in [3.63, 3.8) is 0 Å². The van der Waals surface area contributed by atoms with E-state index >= 15 is 0 Å². The molecule has 0 radical (unpaired) electrons. The minimum Gasteiger partial charge on any atom is -0.491 e. The molecule has 0 N–H and O–H groups in total. The summed E-state index contributed by atoms with van der Waals surface area (Å²) in [6.45, 7) is 11.7. The normalized spacial score (nSPS) is 11.5. The van der Waals surface area contributed by atoms with Crippen molar-refractivity contribution in [2.45, 2.75) is 59.8 Å². The summed E-state index contributed by atoms with van der Waals surface area (Å²) in [4.78, 5) is 13.8. The molecular weight excluding hydrogens is 365 g/mol. The molecule has 1 aromatic carbocycles. The van der Waals surface area contributed by atoms with E-state index in [0.29, 0.717) is 22.3 Å². The highest BCUT2D eigenvalue weighted by Gasteiger charge is 2.24. The average molecular weight is 390 g/mol. The van der Waals surface area contributed by atoms with Gasteiger partial charge in [0.2, 0.25) is 0 Å². The van der Waals surface area contributed by atoms with Gasteiger partial charge >= 0.3 is 6.09 Å². The van der Waals surface area contributed by atoms with Crippen LogP contribution in [-0.2, 0) is 11.3 Å². The lowest BCUT2D eigenvalue weighted by Crippen LogP contribution is -2.36. The Kier molecular flexibility index (Phi) is 6.86. The van der Waals surface area contributed by atoms with E-state index in [2.05, 4.69) is 15.9 Å². The third-order valence-electron chi connectivity index (χ3n) is 2.90. The van der Waals surface area contributed by atoms with Crippen molar-refractivity contribution in [3.8, 4) is 5.75 Å². The molecule has 130 valence electrons. The van der Waals surface area contributed by atoms with Crippen LogP contribution >= 0.6 is 15.9 Å². The summed E-state index contributed by atoms with van der Waals surface area (Å²) in [5.41, 5.74) is 0.00686. The Balaban J connectivity index is 3.09. The van der Waals surface area contributed by atoms with E-state index in [1.807, 2.05) is 41.5 Å². The highest BCUT2D eigenvalue weighted by molar-refractivity contribution is 9.10. The zero-order valence-corrected chi connectivity index (χ0v) is 16.2. The van der Waals surface area contributed by atoms with Crippen molar-refractivity contribution < 1.29 is 18.7 Å². The first kappa shape index (κ1) is 19.7. The van der Waals surface area contributed by atoms with Gasteiger partial charge in [-0.25, -0.2) is 9.18 Å². The van der Waals surface area contributed by atoms with Gasteiger partial charge in [0.05, 0.1) is 17.1 Å². The van der Waals surface area contributed by atoms with Crippen LogP contribution in [0.1, 0.15) is 47.1 Å². The second-order valence-electron chi connectivity index (χ2n) is 6.50. The van der Waals surface area contributed by atoms with Crippen LogP contribution < -0.4 is 4.74 Å². The second kappa shape index (κ2) is 7.99. The average Bonchev–Trinajstić information content (AvgIpc) is 2.40. The van der Waals surface area contributed by atoms with Crippen molar-refractivity contribution in [1.29, 1.82) is 0 Å². The number of nitrogens with zero attached hydrogens (tertiary/aromatic N) is 1. The number of benzene rings is 1. The molecule has 0 saturated heterocycles. The molecule has 0 fully saturated rings. The Morgan fingerprint density at radius 1 is 1.35 bits per heavy atom. The van der Waals surface area contributed by atoms with Crippen LogP contribution in [0.5, 0.6) is 5.75 Å². The van der Waals surface area contributed by atoms with Gasteiger partial charge in [-0.15, -0.1) is 0 Å². The predicted octanol–water partition coefficient (Wildman–Crippen LogP) is 5.13. The summed E-state index contributed by atoms with van der Waals surface area (Å²) in [5.74, 6) is 0.159. The molecule has 23 heavy (non-hydrogen) atoms. The lowest BCUT2D eigenvalue weighted by Gasteiger charge is -2.27. The number of carbonyl (C=O) groups excluding carboxylic acids is 1. The number of rotatable bonds is 5. The van der Waals surface area contributed by atoms with Crippen LogP contribution in [-0.4, -0.2) is 29.2 Å². The number of carbonyl (C=O) groups is 1. The maximum absolute atomic E-state index is 13.9. The smallest absolute Gasteiger partial charge is 0.410 e. The van der Waals surface area contributed by atoms with E-state index in [9.17, 15) is 9.18 Å². The van der Waals surface area contributed by atoms with Crippen molar-refractivity contribution >= 4 is 22.0 Å². The molecule has 0 saturated carbocycles. The molecule has 0 aliphatic heterocycles.